The normalized spacial score (nSPS) is 22.1. The molecule has 0 aromatic heterocycles. The van der Waals surface area contributed by atoms with Crippen molar-refractivity contribution in [3.05, 3.63) is 0 Å². The average Bonchev–Trinajstić information content (AvgIpc) is 2.46. The summed E-state index contributed by atoms with van der Waals surface area (Å²) in [6, 6.07) is 0.221. The van der Waals surface area contributed by atoms with Gasteiger partial charge in [0.2, 0.25) is 0 Å². The molecule has 3 unspecified atom stereocenters. The van der Waals surface area contributed by atoms with Crippen LogP contribution in [0, 0.1) is 11.8 Å². The molecule has 1 aliphatic carbocycles. The largest absolute Gasteiger partial charge is 0.385 e. The monoisotopic (exact) mass is 272 g/mol. The second kappa shape index (κ2) is 9.70. The van der Waals surface area contributed by atoms with E-state index in [0.29, 0.717) is 11.8 Å². The van der Waals surface area contributed by atoms with Crippen molar-refractivity contribution >= 4 is 0 Å². The fraction of sp³-hybridized carbons (Fsp3) is 1.00. The molecule has 3 atom stereocenters. The molecule has 4 nitrogen and oxygen atoms in total. The molecule has 19 heavy (non-hydrogen) atoms. The van der Waals surface area contributed by atoms with E-state index in [4.69, 9.17) is 15.3 Å². The minimum Gasteiger partial charge on any atom is -0.385 e. The van der Waals surface area contributed by atoms with Gasteiger partial charge in [0.15, 0.2) is 0 Å². The van der Waals surface area contributed by atoms with Crippen LogP contribution in [-0.4, -0.2) is 32.5 Å². The summed E-state index contributed by atoms with van der Waals surface area (Å²) in [6.45, 7) is 5.85. The summed E-state index contributed by atoms with van der Waals surface area (Å²) >= 11 is 0. The van der Waals surface area contributed by atoms with Gasteiger partial charge >= 0.3 is 0 Å². The lowest BCUT2D eigenvalue weighted by Gasteiger charge is -2.38. The molecule has 0 aliphatic heterocycles. The predicted molar refractivity (Wildman–Crippen MR) is 78.8 cm³/mol. The second-order valence-corrected chi connectivity index (χ2v) is 5.77. The Hall–Kier alpha value is -0.160. The van der Waals surface area contributed by atoms with Gasteiger partial charge in [0.05, 0.1) is 12.1 Å². The van der Waals surface area contributed by atoms with E-state index >= 15 is 0 Å². The Kier molecular flexibility index (Phi) is 8.62. The summed E-state index contributed by atoms with van der Waals surface area (Å²) in [6.07, 6.45) is 7.84. The van der Waals surface area contributed by atoms with Gasteiger partial charge in [-0.3, -0.25) is 11.3 Å². The van der Waals surface area contributed by atoms with Gasteiger partial charge in [0, 0.05) is 20.3 Å². The van der Waals surface area contributed by atoms with Gasteiger partial charge in [-0.15, -0.1) is 0 Å². The van der Waals surface area contributed by atoms with Gasteiger partial charge in [-0.2, -0.15) is 0 Å². The smallest absolute Gasteiger partial charge is 0.0772 e. The Morgan fingerprint density at radius 2 is 1.95 bits per heavy atom. The number of hydrazine groups is 1. The van der Waals surface area contributed by atoms with Crippen LogP contribution in [0.5, 0.6) is 0 Å². The first-order valence-electron chi connectivity index (χ1n) is 7.81. The van der Waals surface area contributed by atoms with Crippen LogP contribution in [0.3, 0.4) is 0 Å². The molecule has 114 valence electrons. The Labute approximate surface area is 118 Å². The summed E-state index contributed by atoms with van der Waals surface area (Å²) in [5, 5.41) is 0. The molecule has 0 aromatic carbocycles. The number of hydrogen-bond acceptors (Lipinski definition) is 4. The first kappa shape index (κ1) is 16.9. The topological polar surface area (TPSA) is 56.5 Å². The lowest BCUT2D eigenvalue weighted by molar-refractivity contribution is -0.0323. The van der Waals surface area contributed by atoms with E-state index in [2.05, 4.69) is 19.3 Å². The van der Waals surface area contributed by atoms with Crippen LogP contribution in [0.15, 0.2) is 0 Å². The van der Waals surface area contributed by atoms with Crippen molar-refractivity contribution in [3.63, 3.8) is 0 Å². The molecular formula is C15H32N2O2. The number of methoxy groups -OCH3 is 1. The summed E-state index contributed by atoms with van der Waals surface area (Å²) in [5.41, 5.74) is 3.01. The molecule has 0 amide bonds. The third kappa shape index (κ3) is 5.38. The van der Waals surface area contributed by atoms with Crippen LogP contribution in [-0.2, 0) is 9.47 Å². The van der Waals surface area contributed by atoms with E-state index in [1.165, 1.54) is 32.1 Å². The molecule has 0 saturated heterocycles. The fourth-order valence-corrected chi connectivity index (χ4v) is 3.25. The van der Waals surface area contributed by atoms with E-state index in [0.717, 1.165) is 19.6 Å². The lowest BCUT2D eigenvalue weighted by atomic mass is 9.79. The summed E-state index contributed by atoms with van der Waals surface area (Å²) in [4.78, 5) is 0. The van der Waals surface area contributed by atoms with Crippen LogP contribution in [0.2, 0.25) is 0 Å². The van der Waals surface area contributed by atoms with Gasteiger partial charge in [0.1, 0.15) is 0 Å². The summed E-state index contributed by atoms with van der Waals surface area (Å²) < 4.78 is 11.2. The van der Waals surface area contributed by atoms with Crippen molar-refractivity contribution in [2.24, 2.45) is 17.7 Å². The van der Waals surface area contributed by atoms with Gasteiger partial charge in [-0.1, -0.05) is 26.2 Å². The molecule has 0 aromatic rings. The van der Waals surface area contributed by atoms with Gasteiger partial charge in [-0.05, 0) is 38.0 Å². The first-order valence-corrected chi connectivity index (χ1v) is 7.81. The molecule has 1 fully saturated rings. The maximum Gasteiger partial charge on any atom is 0.0772 e. The number of rotatable bonds is 9. The standard InChI is InChI=1S/C15H32N2O2/c1-4-19-15(13-8-6-5-7-9-13)14(17-16)12(2)10-11-18-3/h12-15,17H,4-11,16H2,1-3H3. The molecule has 1 saturated carbocycles. The van der Waals surface area contributed by atoms with Gasteiger partial charge in [-0.25, -0.2) is 0 Å². The summed E-state index contributed by atoms with van der Waals surface area (Å²) in [5.74, 6) is 6.93. The molecule has 0 heterocycles. The van der Waals surface area contributed by atoms with Crippen LogP contribution >= 0.6 is 0 Å². The minimum atomic E-state index is 0.221. The van der Waals surface area contributed by atoms with Gasteiger partial charge < -0.3 is 9.47 Å². The van der Waals surface area contributed by atoms with E-state index in [1.807, 2.05) is 0 Å². The van der Waals surface area contributed by atoms with Crippen molar-refractivity contribution in [3.8, 4) is 0 Å². The zero-order valence-electron chi connectivity index (χ0n) is 12.9. The second-order valence-electron chi connectivity index (χ2n) is 5.77. The van der Waals surface area contributed by atoms with Crippen molar-refractivity contribution in [1.82, 2.24) is 5.43 Å². The number of hydrogen-bond donors (Lipinski definition) is 2. The molecule has 0 bridgehead atoms. The van der Waals surface area contributed by atoms with Crippen molar-refractivity contribution < 1.29 is 9.47 Å². The van der Waals surface area contributed by atoms with Gasteiger partial charge in [0.25, 0.3) is 0 Å². The van der Waals surface area contributed by atoms with E-state index in [9.17, 15) is 0 Å². The Morgan fingerprint density at radius 3 is 2.47 bits per heavy atom. The molecule has 0 spiro atoms. The maximum absolute atomic E-state index is 6.05. The molecule has 1 aliphatic rings. The highest BCUT2D eigenvalue weighted by atomic mass is 16.5. The van der Waals surface area contributed by atoms with E-state index < -0.39 is 0 Å². The zero-order valence-corrected chi connectivity index (χ0v) is 12.9. The number of nitrogens with two attached hydrogens (primary N) is 1. The first-order chi connectivity index (χ1) is 9.24. The fourth-order valence-electron chi connectivity index (χ4n) is 3.25. The van der Waals surface area contributed by atoms with Crippen LogP contribution in [0.1, 0.15) is 52.4 Å². The summed E-state index contributed by atoms with van der Waals surface area (Å²) in [7, 11) is 1.75. The average molecular weight is 272 g/mol. The minimum absolute atomic E-state index is 0.221. The SMILES string of the molecule is CCOC(C1CCCCC1)C(NN)C(C)CCOC. The van der Waals surface area contributed by atoms with Crippen molar-refractivity contribution in [1.29, 1.82) is 0 Å². The highest BCUT2D eigenvalue weighted by molar-refractivity contribution is 4.87. The van der Waals surface area contributed by atoms with Crippen LogP contribution < -0.4 is 11.3 Å². The van der Waals surface area contributed by atoms with E-state index in [1.54, 1.807) is 7.11 Å². The Bertz CT molecular complexity index is 220. The van der Waals surface area contributed by atoms with Crippen molar-refractivity contribution in [2.75, 3.05) is 20.3 Å². The van der Waals surface area contributed by atoms with E-state index in [-0.39, 0.29) is 12.1 Å². The van der Waals surface area contributed by atoms with Crippen molar-refractivity contribution in [2.45, 2.75) is 64.5 Å². The Morgan fingerprint density at radius 1 is 1.26 bits per heavy atom. The molecule has 3 N–H and O–H groups in total. The quantitative estimate of drug-likeness (QED) is 0.500. The van der Waals surface area contributed by atoms with Crippen LogP contribution in [0.25, 0.3) is 0 Å². The molecular weight excluding hydrogens is 240 g/mol. The molecule has 4 heteroatoms. The molecule has 1 rings (SSSR count). The highest BCUT2D eigenvalue weighted by Crippen LogP contribution is 2.31. The third-order valence-corrected chi connectivity index (χ3v) is 4.41. The predicted octanol–water partition coefficient (Wildman–Crippen LogP) is 2.48. The maximum atomic E-state index is 6.05. The zero-order chi connectivity index (χ0) is 14.1. The van der Waals surface area contributed by atoms with Crippen LogP contribution in [0.4, 0.5) is 0 Å². The number of nitrogens with one attached hydrogen (secondary N) is 1. The third-order valence-electron chi connectivity index (χ3n) is 4.41. The lowest BCUT2D eigenvalue weighted by Crippen LogP contribution is -2.52. The molecule has 0 radical (unpaired) electrons. The Balaban J connectivity index is 2.63. The number of ether oxygens (including phenoxy) is 2. The highest BCUT2D eigenvalue weighted by Gasteiger charge is 2.33.